The third-order valence-electron chi connectivity index (χ3n) is 3.95. The van der Waals surface area contributed by atoms with Crippen LogP contribution in [0.1, 0.15) is 0 Å². The van der Waals surface area contributed by atoms with Crippen molar-refractivity contribution in [2.45, 2.75) is 0 Å². The van der Waals surface area contributed by atoms with Crippen LogP contribution in [0.3, 0.4) is 0 Å². The van der Waals surface area contributed by atoms with Gasteiger partial charge in [-0.1, -0.05) is 56.8 Å². The fourth-order valence-electron chi connectivity index (χ4n) is 2.64. The second-order valence-electron chi connectivity index (χ2n) is 5.90. The summed E-state index contributed by atoms with van der Waals surface area (Å²) in [7, 11) is 0. The normalized spacial score (nSPS) is 9.97. The molecule has 0 atom stereocenters. The molecule has 29 heavy (non-hydrogen) atoms. The van der Waals surface area contributed by atoms with Crippen LogP contribution in [0.5, 0.6) is 0 Å². The second-order valence-corrected chi connectivity index (χ2v) is 7.87. The summed E-state index contributed by atoms with van der Waals surface area (Å²) in [4.78, 5) is 9.67. The minimum absolute atomic E-state index is 0. The Morgan fingerprint density at radius 1 is 0.793 bits per heavy atom. The largest absolute Gasteiger partial charge is 0.305 e. The summed E-state index contributed by atoms with van der Waals surface area (Å²) in [6.45, 7) is 0. The van der Waals surface area contributed by atoms with Crippen LogP contribution < -0.4 is 0 Å². The molecule has 0 aliphatic rings. The molecule has 0 N–H and O–H groups in total. The van der Waals surface area contributed by atoms with Gasteiger partial charge in [0.1, 0.15) is 0 Å². The van der Waals surface area contributed by atoms with E-state index in [1.165, 1.54) is 10.1 Å². The van der Waals surface area contributed by atoms with E-state index >= 15 is 0 Å². The van der Waals surface area contributed by atoms with Crippen LogP contribution in [0.4, 0.5) is 0 Å². The Morgan fingerprint density at radius 2 is 1.48 bits per heavy atom. The molecule has 3 heterocycles. The fraction of sp³-hybridized carbons (Fsp3) is 0. The summed E-state index contributed by atoms with van der Waals surface area (Å²) in [6.07, 6.45) is 3.59. The van der Waals surface area contributed by atoms with Gasteiger partial charge in [-0.05, 0) is 27.4 Å². The van der Waals surface area contributed by atoms with E-state index in [9.17, 15) is 0 Å². The number of benzene rings is 2. The van der Waals surface area contributed by atoms with Gasteiger partial charge in [-0.25, -0.2) is 11.3 Å². The zero-order valence-corrected chi connectivity index (χ0v) is 20.0. The second kappa shape index (κ2) is 10.6. The molecule has 0 saturated carbocycles. The molecule has 3 aromatic heterocycles. The van der Waals surface area contributed by atoms with Gasteiger partial charge in [0.05, 0.1) is 0 Å². The van der Waals surface area contributed by atoms with Crippen LogP contribution >= 0.6 is 27.3 Å². The van der Waals surface area contributed by atoms with E-state index in [4.69, 9.17) is 0 Å². The van der Waals surface area contributed by atoms with Crippen LogP contribution in [0.2, 0.25) is 0 Å². The molecule has 0 aliphatic heterocycles. The molecule has 5 aromatic rings. The van der Waals surface area contributed by atoms with Crippen molar-refractivity contribution in [2.24, 2.45) is 0 Å². The topological polar surface area (TPSA) is 25.8 Å². The zero-order valence-electron chi connectivity index (χ0n) is 15.2. The summed E-state index contributed by atoms with van der Waals surface area (Å²) in [6, 6.07) is 32.4. The van der Waals surface area contributed by atoms with E-state index in [1.807, 2.05) is 66.9 Å². The van der Waals surface area contributed by atoms with Gasteiger partial charge in [-0.2, -0.15) is 0 Å². The van der Waals surface area contributed by atoms with Gasteiger partial charge < -0.3 is 9.97 Å². The summed E-state index contributed by atoms with van der Waals surface area (Å²) in [5.74, 6) is 0. The van der Waals surface area contributed by atoms with E-state index in [1.54, 1.807) is 17.5 Å². The molecular formula is C24H15BrIrN2S-2. The Labute approximate surface area is 196 Å². The minimum atomic E-state index is 0. The van der Waals surface area contributed by atoms with Crippen molar-refractivity contribution in [3.8, 4) is 21.8 Å². The van der Waals surface area contributed by atoms with E-state index < -0.39 is 0 Å². The average molecular weight is 636 g/mol. The van der Waals surface area contributed by atoms with Crippen molar-refractivity contribution in [3.05, 3.63) is 108 Å². The minimum Gasteiger partial charge on any atom is -0.305 e. The predicted molar refractivity (Wildman–Crippen MR) is 120 cm³/mol. The van der Waals surface area contributed by atoms with Crippen LogP contribution in [0, 0.1) is 12.1 Å². The Hall–Kier alpha value is -2.17. The molecular weight excluding hydrogens is 620 g/mol. The molecule has 0 unspecified atom stereocenters. The van der Waals surface area contributed by atoms with E-state index in [0.29, 0.717) is 0 Å². The Kier molecular flexibility index (Phi) is 7.84. The first-order chi connectivity index (χ1) is 13.8. The van der Waals surface area contributed by atoms with Crippen molar-refractivity contribution >= 4 is 37.4 Å². The summed E-state index contributed by atoms with van der Waals surface area (Å²) in [5, 5.41) is 1.17. The summed E-state index contributed by atoms with van der Waals surface area (Å²) < 4.78 is 2.31. The van der Waals surface area contributed by atoms with Gasteiger partial charge in [-0.3, -0.25) is 0 Å². The van der Waals surface area contributed by atoms with E-state index in [-0.39, 0.29) is 20.1 Å². The molecule has 0 saturated heterocycles. The fourth-order valence-corrected chi connectivity index (χ4v) is 3.98. The SMILES string of the molecule is Brc1cc[c-]c(-c2ccccn2)c1.[Ir].[c-]1c(-c2ccccn2)sc2ccccc12. The van der Waals surface area contributed by atoms with Gasteiger partial charge in [-0.15, -0.1) is 53.4 Å². The standard InChI is InChI=1S/C13H8NS.C11H7BrN.Ir/c1-2-7-12-10(5-1)9-13(15-12)11-6-3-4-8-14-11;12-10-5-3-4-9(8-10)11-6-1-2-7-13-11;/h1-8H;1-3,5-8H;/q2*-1;. The van der Waals surface area contributed by atoms with Crippen molar-refractivity contribution in [3.63, 3.8) is 0 Å². The van der Waals surface area contributed by atoms with E-state index in [2.05, 4.69) is 56.2 Å². The first kappa shape index (κ1) is 21.5. The van der Waals surface area contributed by atoms with Gasteiger partial charge in [0, 0.05) is 38.2 Å². The molecule has 5 rings (SSSR count). The van der Waals surface area contributed by atoms with Gasteiger partial charge >= 0.3 is 0 Å². The predicted octanol–water partition coefficient (Wildman–Crippen LogP) is 7.07. The van der Waals surface area contributed by atoms with Crippen LogP contribution in [0.15, 0.2) is 95.7 Å². The monoisotopic (exact) mass is 635 g/mol. The van der Waals surface area contributed by atoms with Gasteiger partial charge in [0.2, 0.25) is 0 Å². The molecule has 0 fully saturated rings. The maximum atomic E-state index is 4.32. The number of pyridine rings is 2. The third kappa shape index (κ3) is 5.68. The molecule has 2 nitrogen and oxygen atoms in total. The number of rotatable bonds is 2. The molecule has 1 radical (unpaired) electrons. The molecule has 145 valence electrons. The molecule has 0 spiro atoms. The number of fused-ring (bicyclic) bond motifs is 1. The maximum absolute atomic E-state index is 4.32. The Morgan fingerprint density at radius 3 is 2.14 bits per heavy atom. The molecule has 0 bridgehead atoms. The number of nitrogens with zero attached hydrogens (tertiary/aromatic N) is 2. The van der Waals surface area contributed by atoms with Crippen LogP contribution in [-0.2, 0) is 20.1 Å². The number of aromatic nitrogens is 2. The number of halogens is 1. The van der Waals surface area contributed by atoms with Crippen molar-refractivity contribution in [2.75, 3.05) is 0 Å². The van der Waals surface area contributed by atoms with Crippen molar-refractivity contribution in [1.29, 1.82) is 0 Å². The van der Waals surface area contributed by atoms with Crippen molar-refractivity contribution in [1.82, 2.24) is 9.97 Å². The number of hydrogen-bond donors (Lipinski definition) is 0. The third-order valence-corrected chi connectivity index (χ3v) is 5.53. The van der Waals surface area contributed by atoms with Crippen molar-refractivity contribution < 1.29 is 20.1 Å². The number of hydrogen-bond acceptors (Lipinski definition) is 3. The Balaban J connectivity index is 0.000000162. The maximum Gasteiger partial charge on any atom is 0.0161 e. The molecule has 0 aliphatic carbocycles. The average Bonchev–Trinajstić information content (AvgIpc) is 3.20. The van der Waals surface area contributed by atoms with Gasteiger partial charge in [0.25, 0.3) is 0 Å². The molecule has 0 amide bonds. The summed E-state index contributed by atoms with van der Waals surface area (Å²) >= 11 is 5.14. The van der Waals surface area contributed by atoms with Crippen LogP contribution in [0.25, 0.3) is 31.9 Å². The molecule has 5 heteroatoms. The summed E-state index contributed by atoms with van der Waals surface area (Å²) in [5.41, 5.74) is 2.96. The van der Waals surface area contributed by atoms with E-state index in [0.717, 1.165) is 26.3 Å². The first-order valence-corrected chi connectivity index (χ1v) is 10.3. The first-order valence-electron chi connectivity index (χ1n) is 8.70. The number of thiophene rings is 1. The molecule has 2 aromatic carbocycles. The van der Waals surface area contributed by atoms with Gasteiger partial charge in [0.15, 0.2) is 0 Å². The Bertz CT molecular complexity index is 1140. The zero-order chi connectivity index (χ0) is 19.2. The quantitative estimate of drug-likeness (QED) is 0.194. The smallest absolute Gasteiger partial charge is 0.0161 e. The van der Waals surface area contributed by atoms with Crippen LogP contribution in [-0.4, -0.2) is 9.97 Å².